The van der Waals surface area contributed by atoms with Crippen LogP contribution in [0.3, 0.4) is 0 Å². The molecule has 0 saturated carbocycles. The molecule has 3 rings (SSSR count). The van der Waals surface area contributed by atoms with E-state index in [4.69, 9.17) is 4.52 Å². The molecule has 3 aromatic rings. The van der Waals surface area contributed by atoms with Crippen LogP contribution in [0, 0.1) is 6.92 Å². The molecule has 27 heavy (non-hydrogen) atoms. The van der Waals surface area contributed by atoms with E-state index in [9.17, 15) is 4.79 Å². The Morgan fingerprint density at radius 2 is 2.04 bits per heavy atom. The predicted molar refractivity (Wildman–Crippen MR) is 103 cm³/mol. The Balaban J connectivity index is 1.72. The lowest BCUT2D eigenvalue weighted by molar-refractivity contribution is 0.186. The van der Waals surface area contributed by atoms with Crippen LogP contribution in [0.5, 0.6) is 0 Å². The van der Waals surface area contributed by atoms with Crippen molar-refractivity contribution in [3.8, 4) is 0 Å². The van der Waals surface area contributed by atoms with Gasteiger partial charge in [-0.2, -0.15) is 4.98 Å². The van der Waals surface area contributed by atoms with E-state index in [2.05, 4.69) is 39.5 Å². The fourth-order valence-corrected chi connectivity index (χ4v) is 3.50. The highest BCUT2D eigenvalue weighted by atomic mass is 32.1. The van der Waals surface area contributed by atoms with Crippen molar-refractivity contribution in [1.82, 2.24) is 25.3 Å². The van der Waals surface area contributed by atoms with Gasteiger partial charge in [0.15, 0.2) is 5.82 Å². The van der Waals surface area contributed by atoms with Crippen LogP contribution in [-0.4, -0.2) is 26.1 Å². The van der Waals surface area contributed by atoms with Crippen molar-refractivity contribution in [1.29, 1.82) is 0 Å². The van der Waals surface area contributed by atoms with E-state index < -0.39 is 0 Å². The minimum absolute atomic E-state index is 0.179. The maximum Gasteiger partial charge on any atom is 0.318 e. The van der Waals surface area contributed by atoms with Crippen LogP contribution in [0.25, 0.3) is 0 Å². The van der Waals surface area contributed by atoms with E-state index in [0.717, 1.165) is 10.4 Å². The molecule has 7 nitrogen and oxygen atoms in total. The zero-order valence-corrected chi connectivity index (χ0v) is 16.5. The van der Waals surface area contributed by atoms with Crippen LogP contribution in [0.4, 0.5) is 4.79 Å². The molecule has 0 spiro atoms. The minimum Gasteiger partial charge on any atom is -0.337 e. The first-order valence-electron chi connectivity index (χ1n) is 8.87. The smallest absolute Gasteiger partial charge is 0.318 e. The third-order valence-corrected chi connectivity index (χ3v) is 5.05. The van der Waals surface area contributed by atoms with Crippen LogP contribution in [0.2, 0.25) is 0 Å². The van der Waals surface area contributed by atoms with Gasteiger partial charge in [0.05, 0.1) is 6.54 Å². The summed E-state index contributed by atoms with van der Waals surface area (Å²) in [5.74, 6) is 1.05. The Morgan fingerprint density at radius 3 is 2.67 bits per heavy atom. The standard InChI is InChI=1S/C19H23N5O2S/c1-4-17-22-18(26-23-17)14(3)21-19(25)24(11-15-7-9-20-10-8-15)12-16-6-5-13(2)27-16/h5-10,14H,4,11-12H2,1-3H3,(H,21,25)/t14-/m0/s1. The van der Waals surface area contributed by atoms with Crippen molar-refractivity contribution in [3.63, 3.8) is 0 Å². The van der Waals surface area contributed by atoms with Crippen LogP contribution >= 0.6 is 11.3 Å². The molecule has 3 heterocycles. The summed E-state index contributed by atoms with van der Waals surface area (Å²) < 4.78 is 5.24. The first-order valence-corrected chi connectivity index (χ1v) is 9.69. The average Bonchev–Trinajstić information content (AvgIpc) is 3.31. The van der Waals surface area contributed by atoms with Gasteiger partial charge in [0.1, 0.15) is 6.04 Å². The summed E-state index contributed by atoms with van der Waals surface area (Å²) in [5, 5.41) is 6.85. The summed E-state index contributed by atoms with van der Waals surface area (Å²) in [4.78, 5) is 25.4. The van der Waals surface area contributed by atoms with Crippen LogP contribution in [0.1, 0.15) is 46.9 Å². The molecular weight excluding hydrogens is 362 g/mol. The van der Waals surface area contributed by atoms with Gasteiger partial charge < -0.3 is 14.7 Å². The summed E-state index contributed by atoms with van der Waals surface area (Å²) in [6.07, 6.45) is 4.15. The Kier molecular flexibility index (Phi) is 6.18. The van der Waals surface area contributed by atoms with Crippen LogP contribution in [-0.2, 0) is 19.5 Å². The van der Waals surface area contributed by atoms with Crippen molar-refractivity contribution in [2.45, 2.75) is 46.3 Å². The molecule has 0 fully saturated rings. The number of urea groups is 1. The van der Waals surface area contributed by atoms with Crippen LogP contribution < -0.4 is 5.32 Å². The first-order chi connectivity index (χ1) is 13.0. The molecule has 1 atom stereocenters. The second kappa shape index (κ2) is 8.77. The molecule has 1 N–H and O–H groups in total. The van der Waals surface area contributed by atoms with Gasteiger partial charge in [0.25, 0.3) is 0 Å². The number of nitrogens with zero attached hydrogens (tertiary/aromatic N) is 4. The molecule has 0 aliphatic heterocycles. The van der Waals surface area contributed by atoms with E-state index >= 15 is 0 Å². The molecule has 2 amide bonds. The quantitative estimate of drug-likeness (QED) is 0.667. The minimum atomic E-state index is -0.365. The van der Waals surface area contributed by atoms with Crippen molar-refractivity contribution in [2.75, 3.05) is 0 Å². The molecule has 142 valence electrons. The SMILES string of the molecule is CCc1noc([C@H](C)NC(=O)N(Cc2ccncc2)Cc2ccc(C)s2)n1. The number of thiophene rings is 1. The normalized spacial score (nSPS) is 12.0. The summed E-state index contributed by atoms with van der Waals surface area (Å²) in [6.45, 7) is 6.87. The van der Waals surface area contributed by atoms with E-state index in [1.807, 2.05) is 26.0 Å². The Morgan fingerprint density at radius 1 is 1.26 bits per heavy atom. The zero-order chi connectivity index (χ0) is 19.2. The molecular formula is C19H23N5O2S. The second-order valence-electron chi connectivity index (χ2n) is 6.30. The average molecular weight is 385 g/mol. The highest BCUT2D eigenvalue weighted by Crippen LogP contribution is 2.19. The van der Waals surface area contributed by atoms with Gasteiger partial charge >= 0.3 is 6.03 Å². The van der Waals surface area contributed by atoms with Gasteiger partial charge in [-0.1, -0.05) is 12.1 Å². The number of aryl methyl sites for hydroxylation is 2. The topological polar surface area (TPSA) is 84.2 Å². The van der Waals surface area contributed by atoms with Crippen LogP contribution in [0.15, 0.2) is 41.2 Å². The van der Waals surface area contributed by atoms with Gasteiger partial charge in [-0.15, -0.1) is 11.3 Å². The maximum atomic E-state index is 12.9. The number of rotatable bonds is 7. The maximum absolute atomic E-state index is 12.9. The number of hydrogen-bond donors (Lipinski definition) is 1. The van der Waals surface area contributed by atoms with Gasteiger partial charge in [0, 0.05) is 35.1 Å². The van der Waals surface area contributed by atoms with E-state index in [1.54, 1.807) is 28.6 Å². The number of aromatic nitrogens is 3. The largest absolute Gasteiger partial charge is 0.337 e. The number of carbonyl (C=O) groups excluding carboxylic acids is 1. The van der Waals surface area contributed by atoms with E-state index in [-0.39, 0.29) is 12.1 Å². The van der Waals surface area contributed by atoms with Gasteiger partial charge in [-0.05, 0) is 43.7 Å². The Labute approximate surface area is 162 Å². The third-order valence-electron chi connectivity index (χ3n) is 4.06. The van der Waals surface area contributed by atoms with Crippen molar-refractivity contribution in [3.05, 3.63) is 63.7 Å². The van der Waals surface area contributed by atoms with E-state index in [1.165, 1.54) is 4.88 Å². The zero-order valence-electron chi connectivity index (χ0n) is 15.7. The number of hydrogen-bond acceptors (Lipinski definition) is 6. The van der Waals surface area contributed by atoms with Gasteiger partial charge in [-0.3, -0.25) is 4.98 Å². The predicted octanol–water partition coefficient (Wildman–Crippen LogP) is 3.87. The Bertz CT molecular complexity index is 877. The Hall–Kier alpha value is -2.74. The van der Waals surface area contributed by atoms with Gasteiger partial charge in [-0.25, -0.2) is 4.79 Å². The monoisotopic (exact) mass is 385 g/mol. The second-order valence-corrected chi connectivity index (χ2v) is 7.67. The number of nitrogens with one attached hydrogen (secondary N) is 1. The highest BCUT2D eigenvalue weighted by Gasteiger charge is 2.21. The summed E-state index contributed by atoms with van der Waals surface area (Å²) >= 11 is 1.69. The molecule has 0 aliphatic rings. The molecule has 0 unspecified atom stereocenters. The van der Waals surface area contributed by atoms with Gasteiger partial charge in [0.2, 0.25) is 5.89 Å². The number of amides is 2. The fourth-order valence-electron chi connectivity index (χ4n) is 2.59. The first kappa shape index (κ1) is 19.0. The molecule has 3 aromatic heterocycles. The molecule has 0 saturated heterocycles. The lowest BCUT2D eigenvalue weighted by Crippen LogP contribution is -2.40. The molecule has 0 aliphatic carbocycles. The summed E-state index contributed by atoms with van der Waals surface area (Å²) in [5.41, 5.74) is 1.02. The number of carbonyl (C=O) groups is 1. The molecule has 0 radical (unpaired) electrons. The van der Waals surface area contributed by atoms with Crippen molar-refractivity contribution in [2.24, 2.45) is 0 Å². The van der Waals surface area contributed by atoms with Crippen molar-refractivity contribution >= 4 is 17.4 Å². The van der Waals surface area contributed by atoms with E-state index in [0.29, 0.717) is 31.2 Å². The molecule has 8 heteroatoms. The lowest BCUT2D eigenvalue weighted by atomic mass is 10.2. The molecule has 0 aromatic carbocycles. The number of pyridine rings is 1. The summed E-state index contributed by atoms with van der Waals surface area (Å²) in [7, 11) is 0. The third kappa shape index (κ3) is 5.13. The van der Waals surface area contributed by atoms with Crippen molar-refractivity contribution < 1.29 is 9.32 Å². The highest BCUT2D eigenvalue weighted by molar-refractivity contribution is 7.11. The summed E-state index contributed by atoms with van der Waals surface area (Å²) in [6, 6.07) is 7.40. The lowest BCUT2D eigenvalue weighted by Gasteiger charge is -2.24. The molecule has 0 bridgehead atoms. The fraction of sp³-hybridized carbons (Fsp3) is 0.368.